The number of benzene rings is 1. The molecule has 1 atom stereocenters. The number of carbonyl (C=O) groups excluding carboxylic acids is 1. The van der Waals surface area contributed by atoms with Crippen molar-refractivity contribution in [2.75, 3.05) is 0 Å². The minimum atomic E-state index is -1.03. The van der Waals surface area contributed by atoms with E-state index in [1.807, 2.05) is 42.6 Å². The van der Waals surface area contributed by atoms with E-state index in [1.54, 1.807) is 0 Å². The molecule has 0 saturated heterocycles. The van der Waals surface area contributed by atoms with Crippen molar-refractivity contribution >= 4 is 22.8 Å². The molecule has 0 spiro atoms. The molecule has 3 N–H and O–H groups in total. The number of para-hydroxylation sites is 1. The van der Waals surface area contributed by atoms with Gasteiger partial charge in [-0.05, 0) is 56.6 Å². The lowest BCUT2D eigenvalue weighted by atomic mass is 10.0. The summed E-state index contributed by atoms with van der Waals surface area (Å²) in [5.41, 5.74) is 1.83. The molecule has 5 nitrogen and oxygen atoms in total. The van der Waals surface area contributed by atoms with Crippen LogP contribution in [-0.2, 0) is 16.0 Å². The van der Waals surface area contributed by atoms with Gasteiger partial charge < -0.3 is 15.4 Å². The first kappa shape index (κ1) is 30.4. The lowest BCUT2D eigenvalue weighted by Gasteiger charge is -2.14. The van der Waals surface area contributed by atoms with E-state index >= 15 is 0 Å². The first-order chi connectivity index (χ1) is 18.6. The maximum absolute atomic E-state index is 12.3. The van der Waals surface area contributed by atoms with Crippen LogP contribution in [0.1, 0.15) is 63.9 Å². The normalized spacial score (nSPS) is 13.4. The smallest absolute Gasteiger partial charge is 0.326 e. The minimum Gasteiger partial charge on any atom is -0.480 e. The Morgan fingerprint density at radius 3 is 1.89 bits per heavy atom. The van der Waals surface area contributed by atoms with Crippen molar-refractivity contribution in [2.24, 2.45) is 0 Å². The van der Waals surface area contributed by atoms with Crippen LogP contribution in [0.15, 0.2) is 103 Å². The molecule has 1 heterocycles. The van der Waals surface area contributed by atoms with Crippen LogP contribution < -0.4 is 5.32 Å². The van der Waals surface area contributed by atoms with E-state index in [2.05, 4.69) is 78.0 Å². The molecule has 0 aliphatic carbocycles. The number of allylic oxidation sites excluding steroid dienone is 12. The highest BCUT2D eigenvalue weighted by molar-refractivity contribution is 5.86. The predicted octanol–water partition coefficient (Wildman–Crippen LogP) is 7.76. The van der Waals surface area contributed by atoms with Crippen LogP contribution in [0.4, 0.5) is 0 Å². The van der Waals surface area contributed by atoms with E-state index in [4.69, 9.17) is 0 Å². The van der Waals surface area contributed by atoms with Crippen molar-refractivity contribution in [1.82, 2.24) is 10.3 Å². The fourth-order valence-corrected chi connectivity index (χ4v) is 3.84. The largest absolute Gasteiger partial charge is 0.480 e. The summed E-state index contributed by atoms with van der Waals surface area (Å²) >= 11 is 0. The van der Waals surface area contributed by atoms with Gasteiger partial charge in [0.1, 0.15) is 6.04 Å². The standard InChI is InChI=1S/C33H42N2O3/c1-2-3-4-5-6-7-8-9-10-11-12-13-14-15-16-17-18-19-20-25-32(36)35-31(33(37)38)26-28-27-34-30-24-22-21-23-29(28)30/h3-4,6-7,9-10,12-13,15-16,18-19,21-24,27,31,34H,2,5,8,11,14,17,20,25-26H2,1H3,(H,35,36)(H,37,38)/b4-3-,7-6-,10-9-,13-12-,16-15-,19-18-/t31-/m0/s1. The average Bonchev–Trinajstić information content (AvgIpc) is 3.32. The number of amides is 1. The number of nitrogens with one attached hydrogen (secondary N) is 2. The fraction of sp³-hybridized carbons (Fsp3) is 0.333. The summed E-state index contributed by atoms with van der Waals surface area (Å²) in [6.45, 7) is 2.14. The topological polar surface area (TPSA) is 82.2 Å². The third-order valence-electron chi connectivity index (χ3n) is 5.87. The van der Waals surface area contributed by atoms with Crippen molar-refractivity contribution in [3.8, 4) is 0 Å². The number of rotatable bonds is 18. The summed E-state index contributed by atoms with van der Waals surface area (Å²) < 4.78 is 0. The molecule has 0 unspecified atom stereocenters. The zero-order valence-electron chi connectivity index (χ0n) is 22.5. The highest BCUT2D eigenvalue weighted by atomic mass is 16.4. The number of aliphatic carboxylic acids is 1. The number of hydrogen-bond donors (Lipinski definition) is 3. The Morgan fingerprint density at radius 1 is 0.816 bits per heavy atom. The number of aromatic amines is 1. The molecule has 0 aliphatic rings. The second-order valence-electron chi connectivity index (χ2n) is 8.98. The zero-order valence-corrected chi connectivity index (χ0v) is 22.5. The van der Waals surface area contributed by atoms with Crippen molar-refractivity contribution in [3.05, 3.63) is 109 Å². The molecule has 2 aromatic rings. The lowest BCUT2D eigenvalue weighted by Crippen LogP contribution is -2.42. The molecule has 38 heavy (non-hydrogen) atoms. The van der Waals surface area contributed by atoms with Crippen molar-refractivity contribution in [3.63, 3.8) is 0 Å². The molecule has 0 saturated carbocycles. The van der Waals surface area contributed by atoms with Gasteiger partial charge in [-0.3, -0.25) is 4.79 Å². The summed E-state index contributed by atoms with van der Waals surface area (Å²) in [5, 5.41) is 13.2. The van der Waals surface area contributed by atoms with E-state index < -0.39 is 12.0 Å². The second kappa shape index (κ2) is 19.3. The van der Waals surface area contributed by atoms with Gasteiger partial charge in [0, 0.05) is 29.9 Å². The number of fused-ring (bicyclic) bond motifs is 1. The Hall–Kier alpha value is -3.86. The van der Waals surface area contributed by atoms with Crippen molar-refractivity contribution in [1.29, 1.82) is 0 Å². The highest BCUT2D eigenvalue weighted by Crippen LogP contribution is 2.19. The van der Waals surface area contributed by atoms with Crippen LogP contribution in [0.25, 0.3) is 10.9 Å². The summed E-state index contributed by atoms with van der Waals surface area (Å²) in [4.78, 5) is 27.1. The van der Waals surface area contributed by atoms with Crippen LogP contribution in [0, 0.1) is 0 Å². The molecule has 2 rings (SSSR count). The van der Waals surface area contributed by atoms with Crippen LogP contribution in [-0.4, -0.2) is 28.0 Å². The molecule has 1 amide bonds. The van der Waals surface area contributed by atoms with Gasteiger partial charge in [-0.1, -0.05) is 98.0 Å². The van der Waals surface area contributed by atoms with Gasteiger partial charge in [0.2, 0.25) is 5.91 Å². The number of carbonyl (C=O) groups is 2. The SMILES string of the molecule is CC/C=C\C/C=C\C/C=C\C/C=C\C/C=C\C/C=C\CCC(=O)N[C@@H](Cc1c[nH]c2ccccc12)C(=O)O. The second-order valence-corrected chi connectivity index (χ2v) is 8.98. The Bertz CT molecular complexity index is 1150. The Balaban J connectivity index is 1.56. The number of H-pyrrole nitrogens is 1. The van der Waals surface area contributed by atoms with Gasteiger partial charge >= 0.3 is 5.97 Å². The fourth-order valence-electron chi connectivity index (χ4n) is 3.84. The third-order valence-corrected chi connectivity index (χ3v) is 5.87. The highest BCUT2D eigenvalue weighted by Gasteiger charge is 2.21. The van der Waals surface area contributed by atoms with Crippen LogP contribution in [0.2, 0.25) is 0 Å². The summed E-state index contributed by atoms with van der Waals surface area (Å²) in [7, 11) is 0. The van der Waals surface area contributed by atoms with Gasteiger partial charge in [0.05, 0.1) is 0 Å². The lowest BCUT2D eigenvalue weighted by molar-refractivity contribution is -0.141. The van der Waals surface area contributed by atoms with E-state index in [0.717, 1.165) is 55.0 Å². The maximum Gasteiger partial charge on any atom is 0.326 e. The first-order valence-electron chi connectivity index (χ1n) is 13.6. The van der Waals surface area contributed by atoms with E-state index in [-0.39, 0.29) is 18.7 Å². The molecule has 1 aromatic carbocycles. The maximum atomic E-state index is 12.3. The van der Waals surface area contributed by atoms with Crippen LogP contribution in [0.5, 0.6) is 0 Å². The van der Waals surface area contributed by atoms with E-state index in [1.165, 1.54) is 0 Å². The molecule has 0 aliphatic heterocycles. The number of hydrogen-bond acceptors (Lipinski definition) is 2. The van der Waals surface area contributed by atoms with Crippen LogP contribution >= 0.6 is 0 Å². The van der Waals surface area contributed by atoms with E-state index in [0.29, 0.717) is 6.42 Å². The molecular formula is C33H42N2O3. The summed E-state index contributed by atoms with van der Waals surface area (Å²) in [5.74, 6) is -1.28. The number of carboxylic acid groups (broad SMARTS) is 1. The average molecular weight is 515 g/mol. The molecule has 0 bridgehead atoms. The summed E-state index contributed by atoms with van der Waals surface area (Å²) in [6, 6.07) is 6.78. The quantitative estimate of drug-likeness (QED) is 0.178. The number of aromatic nitrogens is 1. The molecule has 202 valence electrons. The molecule has 0 radical (unpaired) electrons. The third kappa shape index (κ3) is 12.9. The van der Waals surface area contributed by atoms with Gasteiger partial charge in [0.25, 0.3) is 0 Å². The summed E-state index contributed by atoms with van der Waals surface area (Å²) in [6.07, 6.45) is 34.4. The van der Waals surface area contributed by atoms with Gasteiger partial charge in [-0.2, -0.15) is 0 Å². The first-order valence-corrected chi connectivity index (χ1v) is 13.6. The van der Waals surface area contributed by atoms with Gasteiger partial charge in [-0.15, -0.1) is 0 Å². The molecule has 1 aromatic heterocycles. The zero-order chi connectivity index (χ0) is 27.3. The van der Waals surface area contributed by atoms with Crippen LogP contribution in [0.3, 0.4) is 0 Å². The number of carboxylic acids is 1. The van der Waals surface area contributed by atoms with Crippen molar-refractivity contribution < 1.29 is 14.7 Å². The molecule has 5 heteroatoms. The molecule has 0 fully saturated rings. The predicted molar refractivity (Wildman–Crippen MR) is 159 cm³/mol. The molecular weight excluding hydrogens is 472 g/mol. The minimum absolute atomic E-state index is 0.241. The van der Waals surface area contributed by atoms with Crippen molar-refractivity contribution in [2.45, 2.75) is 70.8 Å². The Kier molecular flexibility index (Phi) is 15.4. The van der Waals surface area contributed by atoms with E-state index in [9.17, 15) is 14.7 Å². The Morgan fingerprint density at radius 2 is 1.34 bits per heavy atom. The van der Waals surface area contributed by atoms with Gasteiger partial charge in [0.15, 0.2) is 0 Å². The van der Waals surface area contributed by atoms with Gasteiger partial charge in [-0.25, -0.2) is 4.79 Å². The Labute approximate surface area is 227 Å². The monoisotopic (exact) mass is 514 g/mol.